The van der Waals surface area contributed by atoms with Gasteiger partial charge in [-0.25, -0.2) is 5.10 Å². The van der Waals surface area contributed by atoms with Gasteiger partial charge < -0.3 is 5.32 Å². The van der Waals surface area contributed by atoms with E-state index in [1.807, 2.05) is 36.4 Å². The molecule has 0 fully saturated rings. The Hall–Kier alpha value is -4.14. The molecular formula is C19H15N7O2. The van der Waals surface area contributed by atoms with Crippen molar-refractivity contribution in [3.05, 3.63) is 77.1 Å². The minimum Gasteiger partial charge on any atom is -0.324 e. The van der Waals surface area contributed by atoms with E-state index in [0.29, 0.717) is 17.2 Å². The number of H-pyrrole nitrogens is 1. The summed E-state index contributed by atoms with van der Waals surface area (Å²) in [6.45, 7) is -0.0685. The molecule has 2 aromatic carbocycles. The van der Waals surface area contributed by atoms with Crippen LogP contribution in [0.5, 0.6) is 0 Å². The first-order valence-corrected chi connectivity index (χ1v) is 8.47. The molecule has 2 aromatic heterocycles. The molecule has 0 aliphatic heterocycles. The maximum Gasteiger partial charge on any atom is 0.264 e. The average Bonchev–Trinajstić information content (AvgIpc) is 3.18. The van der Waals surface area contributed by atoms with Crippen LogP contribution in [0.1, 0.15) is 0 Å². The summed E-state index contributed by atoms with van der Waals surface area (Å²) in [6.07, 6.45) is 0. The lowest BCUT2D eigenvalue weighted by atomic mass is 10.1. The van der Waals surface area contributed by atoms with E-state index in [2.05, 4.69) is 30.9 Å². The van der Waals surface area contributed by atoms with Crippen LogP contribution >= 0.6 is 0 Å². The van der Waals surface area contributed by atoms with Crippen molar-refractivity contribution in [1.29, 1.82) is 0 Å². The van der Waals surface area contributed by atoms with Crippen LogP contribution in [0.3, 0.4) is 0 Å². The second-order valence-electron chi connectivity index (χ2n) is 5.94. The summed E-state index contributed by atoms with van der Waals surface area (Å²) < 4.78 is 0. The second-order valence-corrected chi connectivity index (χ2v) is 5.94. The molecule has 9 nitrogen and oxygen atoms in total. The van der Waals surface area contributed by atoms with E-state index >= 15 is 0 Å². The van der Waals surface area contributed by atoms with Crippen molar-refractivity contribution < 1.29 is 4.79 Å². The number of nitrogens with one attached hydrogen (secondary N) is 2. The molecule has 0 aliphatic rings. The van der Waals surface area contributed by atoms with E-state index in [0.717, 1.165) is 11.1 Å². The summed E-state index contributed by atoms with van der Waals surface area (Å²) in [6, 6.07) is 19.6. The number of tetrazole rings is 1. The highest BCUT2D eigenvalue weighted by molar-refractivity contribution is 5.91. The molecule has 9 heteroatoms. The summed E-state index contributed by atoms with van der Waals surface area (Å²) in [5, 5.41) is 21.3. The van der Waals surface area contributed by atoms with E-state index in [1.54, 1.807) is 24.3 Å². The molecule has 0 bridgehead atoms. The highest BCUT2D eigenvalue weighted by Gasteiger charge is 2.10. The molecule has 138 valence electrons. The maximum absolute atomic E-state index is 12.3. The lowest BCUT2D eigenvalue weighted by molar-refractivity contribution is -0.117. The van der Waals surface area contributed by atoms with Gasteiger partial charge in [0, 0.05) is 22.9 Å². The van der Waals surface area contributed by atoms with Gasteiger partial charge in [0.25, 0.3) is 5.56 Å². The fourth-order valence-electron chi connectivity index (χ4n) is 2.60. The van der Waals surface area contributed by atoms with Gasteiger partial charge in [0.1, 0.15) is 6.54 Å². The molecule has 2 N–H and O–H groups in total. The van der Waals surface area contributed by atoms with Gasteiger partial charge in [-0.2, -0.15) is 9.90 Å². The first kappa shape index (κ1) is 17.3. The molecule has 0 spiro atoms. The lowest BCUT2D eigenvalue weighted by Crippen LogP contribution is -2.20. The maximum atomic E-state index is 12.3. The topological polar surface area (TPSA) is 118 Å². The van der Waals surface area contributed by atoms with Gasteiger partial charge in [0.05, 0.1) is 5.69 Å². The first-order chi connectivity index (χ1) is 13.7. The van der Waals surface area contributed by atoms with Crippen molar-refractivity contribution in [3.8, 4) is 22.6 Å². The third-order valence-electron chi connectivity index (χ3n) is 3.89. The monoisotopic (exact) mass is 373 g/mol. The van der Waals surface area contributed by atoms with Crippen molar-refractivity contribution in [2.24, 2.45) is 0 Å². The van der Waals surface area contributed by atoms with Crippen LogP contribution < -0.4 is 10.9 Å². The van der Waals surface area contributed by atoms with Crippen LogP contribution in [0.2, 0.25) is 0 Å². The molecular weight excluding hydrogens is 358 g/mol. The number of hydrogen-bond donors (Lipinski definition) is 2. The van der Waals surface area contributed by atoms with Gasteiger partial charge in [0.15, 0.2) is 0 Å². The minimum absolute atomic E-state index is 0.0685. The van der Waals surface area contributed by atoms with Crippen LogP contribution in [0.4, 0.5) is 5.69 Å². The number of anilines is 1. The highest BCUT2D eigenvalue weighted by atomic mass is 16.2. The van der Waals surface area contributed by atoms with Gasteiger partial charge in [-0.1, -0.05) is 42.5 Å². The number of amides is 1. The Morgan fingerprint density at radius 2 is 1.82 bits per heavy atom. The van der Waals surface area contributed by atoms with E-state index in [-0.39, 0.29) is 18.0 Å². The van der Waals surface area contributed by atoms with Crippen molar-refractivity contribution in [3.63, 3.8) is 0 Å². The van der Waals surface area contributed by atoms with Crippen LogP contribution in [-0.4, -0.2) is 36.3 Å². The van der Waals surface area contributed by atoms with E-state index in [9.17, 15) is 9.59 Å². The number of rotatable bonds is 5. The molecule has 0 saturated carbocycles. The fourth-order valence-corrected chi connectivity index (χ4v) is 2.60. The molecule has 0 radical (unpaired) electrons. The summed E-state index contributed by atoms with van der Waals surface area (Å²) in [5.41, 5.74) is 2.51. The number of carbonyl (C=O) groups excluding carboxylic acids is 1. The highest BCUT2D eigenvalue weighted by Crippen LogP contribution is 2.19. The average molecular weight is 373 g/mol. The number of aromatic nitrogens is 6. The standard InChI is InChI=1S/C19H15N7O2/c27-17-10-9-16(21-22-17)14-7-4-8-15(11-14)20-18(28)12-26-24-19(23-25-26)13-5-2-1-3-6-13/h1-11H,12H2,(H,20,28)(H,22,27). The van der Waals surface area contributed by atoms with Gasteiger partial charge >= 0.3 is 0 Å². The Morgan fingerprint density at radius 3 is 2.61 bits per heavy atom. The minimum atomic E-state index is -0.288. The Balaban J connectivity index is 1.44. The van der Waals surface area contributed by atoms with Crippen molar-refractivity contribution in [1.82, 2.24) is 30.4 Å². The number of nitrogens with zero attached hydrogens (tertiary/aromatic N) is 5. The molecule has 0 unspecified atom stereocenters. The number of carbonyl (C=O) groups is 1. The quantitative estimate of drug-likeness (QED) is 0.550. The zero-order valence-corrected chi connectivity index (χ0v) is 14.6. The van der Waals surface area contributed by atoms with Crippen LogP contribution in [-0.2, 0) is 11.3 Å². The second kappa shape index (κ2) is 7.62. The fraction of sp³-hybridized carbons (Fsp3) is 0.0526. The van der Waals surface area contributed by atoms with Crippen molar-refractivity contribution >= 4 is 11.6 Å². The van der Waals surface area contributed by atoms with Crippen LogP contribution in [0, 0.1) is 0 Å². The molecule has 1 amide bonds. The molecule has 2 heterocycles. The molecule has 0 aliphatic carbocycles. The van der Waals surface area contributed by atoms with Gasteiger partial charge in [-0.3, -0.25) is 9.59 Å². The largest absolute Gasteiger partial charge is 0.324 e. The smallest absolute Gasteiger partial charge is 0.264 e. The third-order valence-corrected chi connectivity index (χ3v) is 3.89. The summed E-state index contributed by atoms with van der Waals surface area (Å²) in [7, 11) is 0. The lowest BCUT2D eigenvalue weighted by Gasteiger charge is -2.06. The van der Waals surface area contributed by atoms with Crippen molar-refractivity contribution in [2.75, 3.05) is 5.32 Å². The summed E-state index contributed by atoms with van der Waals surface area (Å²) >= 11 is 0. The predicted octanol–water partition coefficient (Wildman–Crippen LogP) is 1.73. The molecule has 28 heavy (non-hydrogen) atoms. The Morgan fingerprint density at radius 1 is 1.00 bits per heavy atom. The predicted molar refractivity (Wildman–Crippen MR) is 102 cm³/mol. The molecule has 0 atom stereocenters. The van der Waals surface area contributed by atoms with E-state index in [1.165, 1.54) is 10.9 Å². The first-order valence-electron chi connectivity index (χ1n) is 8.47. The van der Waals surface area contributed by atoms with Gasteiger partial charge in [0.2, 0.25) is 11.7 Å². The Labute approximate surface area is 159 Å². The van der Waals surface area contributed by atoms with Crippen LogP contribution in [0.25, 0.3) is 22.6 Å². The Bertz CT molecular complexity index is 1150. The van der Waals surface area contributed by atoms with Gasteiger partial charge in [-0.15, -0.1) is 10.2 Å². The number of aromatic amines is 1. The molecule has 4 aromatic rings. The summed E-state index contributed by atoms with van der Waals surface area (Å²) in [5.74, 6) is 0.170. The molecule has 0 saturated heterocycles. The van der Waals surface area contributed by atoms with Crippen LogP contribution in [0.15, 0.2) is 71.5 Å². The zero-order chi connectivity index (χ0) is 19.3. The normalized spacial score (nSPS) is 10.6. The summed E-state index contributed by atoms with van der Waals surface area (Å²) in [4.78, 5) is 24.7. The zero-order valence-electron chi connectivity index (χ0n) is 14.6. The Kier molecular flexibility index (Phi) is 4.70. The van der Waals surface area contributed by atoms with Gasteiger partial charge in [-0.05, 0) is 23.4 Å². The van der Waals surface area contributed by atoms with E-state index < -0.39 is 0 Å². The van der Waals surface area contributed by atoms with Crippen molar-refractivity contribution in [2.45, 2.75) is 6.54 Å². The van der Waals surface area contributed by atoms with E-state index in [4.69, 9.17) is 0 Å². The number of hydrogen-bond acceptors (Lipinski definition) is 6. The molecule has 4 rings (SSSR count). The SMILES string of the molecule is O=C(Cn1nnc(-c2ccccc2)n1)Nc1cccc(-c2ccc(=O)[nH]n2)c1. The number of benzene rings is 2. The third kappa shape index (κ3) is 3.98.